The second-order valence-electron chi connectivity index (χ2n) is 2.81. The van der Waals surface area contributed by atoms with Gasteiger partial charge in [-0.05, 0) is 18.6 Å². The first kappa shape index (κ1) is 11.2. The molecule has 1 rings (SSSR count). The Hall–Kier alpha value is -1.92. The lowest BCUT2D eigenvalue weighted by Crippen LogP contribution is -2.05. The van der Waals surface area contributed by atoms with Crippen LogP contribution in [0, 0.1) is 17.0 Å². The number of benzene rings is 1. The molecule has 0 aliphatic heterocycles. The summed E-state index contributed by atoms with van der Waals surface area (Å²) < 4.78 is 27.9. The standard InChI is InChI=1S/C8H8F2N2O3/c1-4-2-5(11)6(12(13)14)3-7(4)15-8(9)10/h2-3,8H,11H2,1H3. The lowest BCUT2D eigenvalue weighted by Gasteiger charge is -2.08. The Morgan fingerprint density at radius 2 is 2.13 bits per heavy atom. The summed E-state index contributed by atoms with van der Waals surface area (Å²) in [4.78, 5) is 9.70. The minimum absolute atomic E-state index is 0.0842. The van der Waals surface area contributed by atoms with Gasteiger partial charge in [-0.3, -0.25) is 10.1 Å². The SMILES string of the molecule is Cc1cc(N)c([N+](=O)[O-])cc1OC(F)F. The molecule has 0 spiro atoms. The number of anilines is 1. The molecule has 0 saturated heterocycles. The number of nitrogen functional groups attached to an aromatic ring is 1. The quantitative estimate of drug-likeness (QED) is 0.478. The second-order valence-corrected chi connectivity index (χ2v) is 2.81. The average molecular weight is 218 g/mol. The van der Waals surface area contributed by atoms with Crippen molar-refractivity contribution in [2.24, 2.45) is 0 Å². The third-order valence-electron chi connectivity index (χ3n) is 1.74. The number of aryl methyl sites for hydroxylation is 1. The van der Waals surface area contributed by atoms with E-state index in [1.54, 1.807) is 0 Å². The van der Waals surface area contributed by atoms with Gasteiger partial charge in [-0.15, -0.1) is 0 Å². The predicted molar refractivity (Wildman–Crippen MR) is 48.9 cm³/mol. The zero-order valence-corrected chi connectivity index (χ0v) is 7.74. The molecule has 1 aromatic carbocycles. The zero-order chi connectivity index (χ0) is 11.6. The molecule has 0 heterocycles. The summed E-state index contributed by atoms with van der Waals surface area (Å²) in [7, 11) is 0. The van der Waals surface area contributed by atoms with Gasteiger partial charge in [0.05, 0.1) is 11.0 Å². The Labute approximate surface area is 83.6 Å². The van der Waals surface area contributed by atoms with Crippen LogP contribution in [-0.4, -0.2) is 11.5 Å². The Morgan fingerprint density at radius 3 is 2.60 bits per heavy atom. The highest BCUT2D eigenvalue weighted by molar-refractivity contribution is 5.63. The molecule has 0 unspecified atom stereocenters. The normalized spacial score (nSPS) is 10.4. The van der Waals surface area contributed by atoms with E-state index in [1.165, 1.54) is 13.0 Å². The maximum Gasteiger partial charge on any atom is 0.387 e. The summed E-state index contributed by atoms with van der Waals surface area (Å²) in [5.41, 5.74) is 5.12. The predicted octanol–water partition coefficient (Wildman–Crippen LogP) is 2.09. The van der Waals surface area contributed by atoms with Crippen LogP contribution in [-0.2, 0) is 0 Å². The van der Waals surface area contributed by atoms with Crippen molar-refractivity contribution in [1.82, 2.24) is 0 Å². The largest absolute Gasteiger partial charge is 0.434 e. The molecular formula is C8H8F2N2O3. The van der Waals surface area contributed by atoms with E-state index in [2.05, 4.69) is 4.74 Å². The zero-order valence-electron chi connectivity index (χ0n) is 7.74. The molecule has 0 atom stereocenters. The summed E-state index contributed by atoms with van der Waals surface area (Å²) >= 11 is 0. The van der Waals surface area contributed by atoms with Crippen LogP contribution in [0.4, 0.5) is 20.2 Å². The van der Waals surface area contributed by atoms with Crippen molar-refractivity contribution in [3.05, 3.63) is 27.8 Å². The summed E-state index contributed by atoms with van der Waals surface area (Å²) in [6.45, 7) is -1.55. The van der Waals surface area contributed by atoms with Crippen LogP contribution in [0.2, 0.25) is 0 Å². The first-order chi connectivity index (χ1) is 6.91. The van der Waals surface area contributed by atoms with Crippen LogP contribution in [0.15, 0.2) is 12.1 Å². The van der Waals surface area contributed by atoms with Gasteiger partial charge in [-0.2, -0.15) is 8.78 Å². The smallest absolute Gasteiger partial charge is 0.387 e. The van der Waals surface area contributed by atoms with Crippen LogP contribution in [0.3, 0.4) is 0 Å². The summed E-state index contributed by atoms with van der Waals surface area (Å²) in [5, 5.41) is 10.5. The van der Waals surface area contributed by atoms with Gasteiger partial charge < -0.3 is 10.5 Å². The van der Waals surface area contributed by atoms with E-state index in [4.69, 9.17) is 5.73 Å². The Morgan fingerprint density at radius 1 is 1.53 bits per heavy atom. The van der Waals surface area contributed by atoms with Gasteiger partial charge in [0.15, 0.2) is 0 Å². The van der Waals surface area contributed by atoms with E-state index < -0.39 is 17.2 Å². The molecule has 2 N–H and O–H groups in total. The van der Waals surface area contributed by atoms with Crippen molar-refractivity contribution >= 4 is 11.4 Å². The first-order valence-corrected chi connectivity index (χ1v) is 3.91. The van der Waals surface area contributed by atoms with Crippen LogP contribution in [0.1, 0.15) is 5.56 Å². The van der Waals surface area contributed by atoms with Crippen molar-refractivity contribution in [2.45, 2.75) is 13.5 Å². The van der Waals surface area contributed by atoms with E-state index in [0.717, 1.165) is 6.07 Å². The highest BCUT2D eigenvalue weighted by atomic mass is 19.3. The maximum absolute atomic E-state index is 11.9. The number of nitrogens with zero attached hydrogens (tertiary/aromatic N) is 1. The number of halogens is 2. The first-order valence-electron chi connectivity index (χ1n) is 3.91. The monoisotopic (exact) mass is 218 g/mol. The molecule has 0 aromatic heterocycles. The number of hydrogen-bond donors (Lipinski definition) is 1. The molecule has 7 heteroatoms. The van der Waals surface area contributed by atoms with Crippen LogP contribution < -0.4 is 10.5 Å². The summed E-state index contributed by atoms with van der Waals surface area (Å²) in [5.74, 6) is -0.245. The number of alkyl halides is 2. The minimum atomic E-state index is -3.02. The molecule has 0 aliphatic rings. The number of nitro groups is 1. The molecule has 0 saturated carbocycles. The van der Waals surface area contributed by atoms with Gasteiger partial charge in [-0.1, -0.05) is 0 Å². The van der Waals surface area contributed by atoms with Crippen LogP contribution in [0.25, 0.3) is 0 Å². The Bertz CT molecular complexity index is 396. The van der Waals surface area contributed by atoms with Crippen molar-refractivity contribution in [3.8, 4) is 5.75 Å². The van der Waals surface area contributed by atoms with Gasteiger partial charge in [-0.25, -0.2) is 0 Å². The van der Waals surface area contributed by atoms with Crippen LogP contribution in [0.5, 0.6) is 5.75 Å². The second kappa shape index (κ2) is 4.07. The fraction of sp³-hybridized carbons (Fsp3) is 0.250. The van der Waals surface area contributed by atoms with E-state index in [-0.39, 0.29) is 11.4 Å². The lowest BCUT2D eigenvalue weighted by atomic mass is 10.2. The number of nitro benzene ring substituents is 1. The highest BCUT2D eigenvalue weighted by Gasteiger charge is 2.17. The number of hydrogen-bond acceptors (Lipinski definition) is 4. The molecule has 0 bridgehead atoms. The van der Waals surface area contributed by atoms with Gasteiger partial charge in [0.2, 0.25) is 0 Å². The Kier molecular flexibility index (Phi) is 3.03. The molecule has 0 radical (unpaired) electrons. The molecule has 15 heavy (non-hydrogen) atoms. The molecule has 1 aromatic rings. The fourth-order valence-electron chi connectivity index (χ4n) is 1.08. The lowest BCUT2D eigenvalue weighted by molar-refractivity contribution is -0.384. The van der Waals surface area contributed by atoms with Gasteiger partial charge in [0.25, 0.3) is 5.69 Å². The van der Waals surface area contributed by atoms with Crippen molar-refractivity contribution in [2.75, 3.05) is 5.73 Å². The van der Waals surface area contributed by atoms with Gasteiger partial charge in [0, 0.05) is 0 Å². The number of rotatable bonds is 3. The van der Waals surface area contributed by atoms with Crippen molar-refractivity contribution in [3.63, 3.8) is 0 Å². The molecule has 5 nitrogen and oxygen atoms in total. The topological polar surface area (TPSA) is 78.4 Å². The van der Waals surface area contributed by atoms with Crippen molar-refractivity contribution in [1.29, 1.82) is 0 Å². The van der Waals surface area contributed by atoms with Crippen LogP contribution >= 0.6 is 0 Å². The fourth-order valence-corrected chi connectivity index (χ4v) is 1.08. The Balaban J connectivity index is 3.17. The van der Waals surface area contributed by atoms with Crippen molar-refractivity contribution < 1.29 is 18.4 Å². The molecule has 0 amide bonds. The van der Waals surface area contributed by atoms with E-state index >= 15 is 0 Å². The summed E-state index contributed by atoms with van der Waals surface area (Å²) in [6, 6.07) is 2.10. The van der Waals surface area contributed by atoms with Gasteiger partial charge >= 0.3 is 6.61 Å². The molecule has 82 valence electrons. The van der Waals surface area contributed by atoms with E-state index in [1.807, 2.05) is 0 Å². The number of nitrogens with two attached hydrogens (primary N) is 1. The average Bonchev–Trinajstić information content (AvgIpc) is 2.08. The number of ether oxygens (including phenoxy) is 1. The summed E-state index contributed by atoms with van der Waals surface area (Å²) in [6.07, 6.45) is 0. The molecule has 0 aliphatic carbocycles. The highest BCUT2D eigenvalue weighted by Crippen LogP contribution is 2.31. The molecular weight excluding hydrogens is 210 g/mol. The molecule has 0 fully saturated rings. The minimum Gasteiger partial charge on any atom is -0.434 e. The third-order valence-corrected chi connectivity index (χ3v) is 1.74. The van der Waals surface area contributed by atoms with E-state index in [9.17, 15) is 18.9 Å². The van der Waals surface area contributed by atoms with E-state index in [0.29, 0.717) is 5.56 Å². The third kappa shape index (κ3) is 2.52. The maximum atomic E-state index is 11.9. The van der Waals surface area contributed by atoms with Gasteiger partial charge in [0.1, 0.15) is 11.4 Å².